The first kappa shape index (κ1) is 12.5. The molecule has 0 unspecified atom stereocenters. The van der Waals surface area contributed by atoms with Gasteiger partial charge in [-0.1, -0.05) is 6.92 Å². The number of hydrogen-bond donors (Lipinski definition) is 0. The van der Waals surface area contributed by atoms with E-state index in [4.69, 9.17) is 0 Å². The molecule has 2 nitrogen and oxygen atoms in total. The molecule has 88 valence electrons. The lowest BCUT2D eigenvalue weighted by Crippen LogP contribution is -2.11. The first-order chi connectivity index (χ1) is 7.52. The first-order valence-corrected chi connectivity index (χ1v) is 4.86. The molecular weight excluding hydrogens is 221 g/mol. The monoisotopic (exact) mass is 232 g/mol. The Morgan fingerprint density at radius 3 is 2.38 bits per heavy atom. The van der Waals surface area contributed by atoms with Crippen LogP contribution in [-0.4, -0.2) is 12.6 Å². The van der Waals surface area contributed by atoms with Crippen LogP contribution >= 0.6 is 0 Å². The molecule has 0 aliphatic rings. The maximum absolute atomic E-state index is 13.6. The van der Waals surface area contributed by atoms with Crippen LogP contribution in [0.5, 0.6) is 0 Å². The molecule has 0 fully saturated rings. The van der Waals surface area contributed by atoms with Crippen LogP contribution in [0.3, 0.4) is 0 Å². The van der Waals surface area contributed by atoms with Gasteiger partial charge in [-0.15, -0.1) is 0 Å². The fourth-order valence-corrected chi connectivity index (χ4v) is 1.32. The molecule has 0 bridgehead atoms. The van der Waals surface area contributed by atoms with Gasteiger partial charge in [0, 0.05) is 5.56 Å². The summed E-state index contributed by atoms with van der Waals surface area (Å²) in [4.78, 5) is 11.2. The van der Waals surface area contributed by atoms with E-state index in [0.717, 1.165) is 0 Å². The maximum atomic E-state index is 13.6. The Morgan fingerprint density at radius 1 is 1.25 bits per heavy atom. The number of rotatable bonds is 3. The van der Waals surface area contributed by atoms with Gasteiger partial charge in [-0.2, -0.15) is 0 Å². The second-order valence-electron chi connectivity index (χ2n) is 3.09. The smallest absolute Gasteiger partial charge is 0.341 e. The minimum absolute atomic E-state index is 0.0398. The van der Waals surface area contributed by atoms with Gasteiger partial charge >= 0.3 is 5.97 Å². The number of ether oxygens (including phenoxy) is 1. The Hall–Kier alpha value is -1.52. The van der Waals surface area contributed by atoms with Crippen molar-refractivity contribution in [2.24, 2.45) is 0 Å². The van der Waals surface area contributed by atoms with Crippen molar-refractivity contribution in [1.29, 1.82) is 0 Å². The van der Waals surface area contributed by atoms with E-state index in [1.165, 1.54) is 13.8 Å². The van der Waals surface area contributed by atoms with E-state index in [-0.39, 0.29) is 13.0 Å². The summed E-state index contributed by atoms with van der Waals surface area (Å²) in [5.41, 5.74) is -1.01. The van der Waals surface area contributed by atoms with Gasteiger partial charge in [0.05, 0.1) is 12.2 Å². The third-order valence-electron chi connectivity index (χ3n) is 2.10. The highest BCUT2D eigenvalue weighted by molar-refractivity contribution is 5.90. The predicted octanol–water partition coefficient (Wildman–Crippen LogP) is 2.84. The number of esters is 1. The Balaban J connectivity index is 3.31. The van der Waals surface area contributed by atoms with Gasteiger partial charge in [0.1, 0.15) is 5.82 Å². The number of carbonyl (C=O) groups excluding carboxylic acids is 1. The van der Waals surface area contributed by atoms with Crippen molar-refractivity contribution in [3.8, 4) is 0 Å². The van der Waals surface area contributed by atoms with Crippen molar-refractivity contribution in [1.82, 2.24) is 0 Å². The van der Waals surface area contributed by atoms with Crippen LogP contribution in [0.25, 0.3) is 0 Å². The summed E-state index contributed by atoms with van der Waals surface area (Å²) >= 11 is 0. The Bertz CT molecular complexity index is 416. The molecule has 5 heteroatoms. The van der Waals surface area contributed by atoms with Crippen LogP contribution in [0.4, 0.5) is 13.2 Å². The average Bonchev–Trinajstić information content (AvgIpc) is 2.24. The zero-order valence-corrected chi connectivity index (χ0v) is 8.94. The number of halogens is 3. The summed E-state index contributed by atoms with van der Waals surface area (Å²) in [7, 11) is 0. The van der Waals surface area contributed by atoms with Crippen LogP contribution in [0.1, 0.15) is 29.8 Å². The quantitative estimate of drug-likeness (QED) is 0.591. The normalized spacial score (nSPS) is 10.3. The van der Waals surface area contributed by atoms with Crippen molar-refractivity contribution in [3.63, 3.8) is 0 Å². The number of carbonyl (C=O) groups is 1. The molecule has 0 aliphatic carbocycles. The third kappa shape index (κ3) is 2.18. The molecule has 1 rings (SSSR count). The lowest BCUT2D eigenvalue weighted by atomic mass is 10.1. The molecule has 0 N–H and O–H groups in total. The Kier molecular flexibility index (Phi) is 3.93. The van der Waals surface area contributed by atoms with Crippen molar-refractivity contribution in [2.45, 2.75) is 20.3 Å². The number of benzene rings is 1. The summed E-state index contributed by atoms with van der Waals surface area (Å²) in [6.45, 7) is 3.05. The zero-order chi connectivity index (χ0) is 12.3. The first-order valence-electron chi connectivity index (χ1n) is 4.86. The van der Waals surface area contributed by atoms with Gasteiger partial charge in [-0.05, 0) is 19.4 Å². The van der Waals surface area contributed by atoms with Gasteiger partial charge < -0.3 is 4.74 Å². The van der Waals surface area contributed by atoms with E-state index >= 15 is 0 Å². The van der Waals surface area contributed by atoms with Crippen LogP contribution < -0.4 is 0 Å². The SMILES string of the molecule is CCOC(=O)c1cc(F)c(F)c(CC)c1F. The molecule has 0 atom stereocenters. The second kappa shape index (κ2) is 5.01. The largest absolute Gasteiger partial charge is 0.462 e. The molecule has 1 aromatic rings. The molecule has 0 amide bonds. The van der Waals surface area contributed by atoms with E-state index in [1.54, 1.807) is 0 Å². The summed E-state index contributed by atoms with van der Waals surface area (Å²) < 4.78 is 44.3. The van der Waals surface area contributed by atoms with E-state index in [2.05, 4.69) is 4.74 Å². The maximum Gasteiger partial charge on any atom is 0.341 e. The molecule has 0 aliphatic heterocycles. The summed E-state index contributed by atoms with van der Waals surface area (Å²) in [5, 5.41) is 0. The van der Waals surface area contributed by atoms with E-state index in [9.17, 15) is 18.0 Å². The van der Waals surface area contributed by atoms with E-state index in [0.29, 0.717) is 6.07 Å². The fourth-order valence-electron chi connectivity index (χ4n) is 1.32. The summed E-state index contributed by atoms with van der Waals surface area (Å²) in [5.74, 6) is -4.55. The standard InChI is InChI=1S/C11H11F3O2/c1-3-6-9(13)7(11(15)16-4-2)5-8(12)10(6)14/h5H,3-4H2,1-2H3. The van der Waals surface area contributed by atoms with Gasteiger partial charge in [0.2, 0.25) is 0 Å². The predicted molar refractivity (Wildman–Crippen MR) is 51.7 cm³/mol. The molecule has 0 heterocycles. The van der Waals surface area contributed by atoms with Crippen LogP contribution in [-0.2, 0) is 11.2 Å². The molecule has 0 spiro atoms. The van der Waals surface area contributed by atoms with Gasteiger partial charge in [0.15, 0.2) is 11.6 Å². The summed E-state index contributed by atoms with van der Waals surface area (Å²) in [6.07, 6.45) is -0.0398. The molecule has 16 heavy (non-hydrogen) atoms. The molecule has 0 saturated heterocycles. The van der Waals surface area contributed by atoms with Crippen LogP contribution in [0, 0.1) is 17.5 Å². The highest BCUT2D eigenvalue weighted by atomic mass is 19.2. The van der Waals surface area contributed by atoms with Crippen molar-refractivity contribution in [3.05, 3.63) is 34.6 Å². The molecule has 0 saturated carbocycles. The van der Waals surface area contributed by atoms with Gasteiger partial charge in [-0.25, -0.2) is 18.0 Å². The lowest BCUT2D eigenvalue weighted by Gasteiger charge is -2.08. The van der Waals surface area contributed by atoms with Crippen molar-refractivity contribution < 1.29 is 22.7 Å². The second-order valence-corrected chi connectivity index (χ2v) is 3.09. The van der Waals surface area contributed by atoms with Crippen molar-refractivity contribution >= 4 is 5.97 Å². The lowest BCUT2D eigenvalue weighted by molar-refractivity contribution is 0.0520. The fraction of sp³-hybridized carbons (Fsp3) is 0.364. The third-order valence-corrected chi connectivity index (χ3v) is 2.10. The highest BCUT2D eigenvalue weighted by Gasteiger charge is 2.22. The minimum Gasteiger partial charge on any atom is -0.462 e. The van der Waals surface area contributed by atoms with Gasteiger partial charge in [0.25, 0.3) is 0 Å². The molecule has 0 radical (unpaired) electrons. The average molecular weight is 232 g/mol. The van der Waals surface area contributed by atoms with Crippen molar-refractivity contribution in [2.75, 3.05) is 6.61 Å². The number of hydrogen-bond acceptors (Lipinski definition) is 2. The molecular formula is C11H11F3O2. The molecule has 1 aromatic carbocycles. The minimum atomic E-state index is -1.26. The highest BCUT2D eigenvalue weighted by Crippen LogP contribution is 2.21. The zero-order valence-electron chi connectivity index (χ0n) is 8.94. The van der Waals surface area contributed by atoms with Gasteiger partial charge in [-0.3, -0.25) is 0 Å². The topological polar surface area (TPSA) is 26.3 Å². The summed E-state index contributed by atoms with van der Waals surface area (Å²) in [6, 6.07) is 0.516. The van der Waals surface area contributed by atoms with E-state index in [1.807, 2.05) is 0 Å². The Labute approximate surface area is 91.0 Å². The van der Waals surface area contributed by atoms with Crippen LogP contribution in [0.15, 0.2) is 6.07 Å². The molecule has 0 aromatic heterocycles. The van der Waals surface area contributed by atoms with Crippen LogP contribution in [0.2, 0.25) is 0 Å². The van der Waals surface area contributed by atoms with E-state index < -0.39 is 34.5 Å². The Morgan fingerprint density at radius 2 is 1.88 bits per heavy atom.